The van der Waals surface area contributed by atoms with Gasteiger partial charge in [0.05, 0.1) is 12.1 Å². The van der Waals surface area contributed by atoms with Gasteiger partial charge in [-0.15, -0.1) is 0 Å². The molecule has 20 heavy (non-hydrogen) atoms. The maximum atomic E-state index is 12.2. The maximum absolute atomic E-state index is 12.2. The largest absolute Gasteiger partial charge is 0.388 e. The Balaban J connectivity index is 1.98. The van der Waals surface area contributed by atoms with E-state index in [0.717, 1.165) is 31.4 Å². The van der Waals surface area contributed by atoms with Crippen molar-refractivity contribution in [2.75, 3.05) is 18.9 Å². The molecule has 1 heterocycles. The van der Waals surface area contributed by atoms with Crippen LogP contribution in [-0.4, -0.2) is 40.4 Å². The van der Waals surface area contributed by atoms with E-state index in [-0.39, 0.29) is 6.03 Å². The third-order valence-electron chi connectivity index (χ3n) is 3.91. The van der Waals surface area contributed by atoms with E-state index in [1.807, 2.05) is 6.92 Å². The number of amides is 2. The van der Waals surface area contributed by atoms with Crippen molar-refractivity contribution in [2.24, 2.45) is 0 Å². The van der Waals surface area contributed by atoms with Crippen molar-refractivity contribution in [1.29, 1.82) is 0 Å². The summed E-state index contributed by atoms with van der Waals surface area (Å²) in [4.78, 5) is 13.7. The fourth-order valence-electron chi connectivity index (χ4n) is 2.73. The van der Waals surface area contributed by atoms with Crippen molar-refractivity contribution in [3.8, 4) is 0 Å². The summed E-state index contributed by atoms with van der Waals surface area (Å²) in [6, 6.07) is -0.244. The molecule has 0 unspecified atom stereocenters. The highest BCUT2D eigenvalue weighted by Gasteiger charge is 2.33. The van der Waals surface area contributed by atoms with E-state index >= 15 is 0 Å². The monoisotopic (exact) mass is 281 g/mol. The lowest BCUT2D eigenvalue weighted by Crippen LogP contribution is -2.43. The Labute approximate surface area is 119 Å². The highest BCUT2D eigenvalue weighted by Crippen LogP contribution is 2.30. The standard InChI is InChI=1S/C14H23N3O3/c1-4-11-12(10(2)20-16-11)15-13(18)17(3)9-14(19)7-5-6-8-14/h19H,4-9H2,1-3H3,(H,15,18). The zero-order valence-corrected chi connectivity index (χ0v) is 12.4. The van der Waals surface area contributed by atoms with E-state index in [1.54, 1.807) is 14.0 Å². The molecule has 1 aromatic heterocycles. The van der Waals surface area contributed by atoms with Gasteiger partial charge in [-0.05, 0) is 26.2 Å². The minimum Gasteiger partial charge on any atom is -0.388 e. The first-order valence-corrected chi connectivity index (χ1v) is 7.15. The number of nitrogens with one attached hydrogen (secondary N) is 1. The average molecular weight is 281 g/mol. The Kier molecular flexibility index (Phi) is 4.32. The molecule has 0 bridgehead atoms. The maximum Gasteiger partial charge on any atom is 0.321 e. The summed E-state index contributed by atoms with van der Waals surface area (Å²) < 4.78 is 5.09. The normalized spacial score (nSPS) is 17.2. The number of aromatic nitrogens is 1. The van der Waals surface area contributed by atoms with Crippen molar-refractivity contribution in [3.63, 3.8) is 0 Å². The first kappa shape index (κ1) is 14.8. The second kappa shape index (κ2) is 5.83. The van der Waals surface area contributed by atoms with Crippen molar-refractivity contribution < 1.29 is 14.4 Å². The molecule has 6 heteroatoms. The van der Waals surface area contributed by atoms with Gasteiger partial charge >= 0.3 is 6.03 Å². The molecule has 2 N–H and O–H groups in total. The second-order valence-electron chi connectivity index (χ2n) is 5.63. The molecule has 1 aromatic rings. The third kappa shape index (κ3) is 3.12. The van der Waals surface area contributed by atoms with Gasteiger partial charge in [-0.25, -0.2) is 4.79 Å². The number of rotatable bonds is 4. The van der Waals surface area contributed by atoms with Crippen LogP contribution in [-0.2, 0) is 6.42 Å². The van der Waals surface area contributed by atoms with Crippen LogP contribution in [0.15, 0.2) is 4.52 Å². The van der Waals surface area contributed by atoms with Crippen LogP contribution in [0.1, 0.15) is 44.1 Å². The Morgan fingerprint density at radius 3 is 2.75 bits per heavy atom. The topological polar surface area (TPSA) is 78.6 Å². The quantitative estimate of drug-likeness (QED) is 0.887. The lowest BCUT2D eigenvalue weighted by atomic mass is 10.0. The summed E-state index contributed by atoms with van der Waals surface area (Å²) in [6.45, 7) is 4.08. The second-order valence-corrected chi connectivity index (χ2v) is 5.63. The molecular formula is C14H23N3O3. The minimum atomic E-state index is -0.733. The molecule has 1 saturated carbocycles. The Bertz CT molecular complexity index is 478. The van der Waals surface area contributed by atoms with E-state index in [9.17, 15) is 9.90 Å². The summed E-state index contributed by atoms with van der Waals surface area (Å²) in [7, 11) is 1.69. The van der Waals surface area contributed by atoms with E-state index in [0.29, 0.717) is 24.4 Å². The first-order chi connectivity index (χ1) is 9.45. The first-order valence-electron chi connectivity index (χ1n) is 7.15. The number of likely N-dealkylation sites (N-methyl/N-ethyl adjacent to an activating group) is 1. The number of carbonyl (C=O) groups excluding carboxylic acids is 1. The average Bonchev–Trinajstić information content (AvgIpc) is 2.97. The fourth-order valence-corrected chi connectivity index (χ4v) is 2.73. The van der Waals surface area contributed by atoms with Gasteiger partial charge in [0, 0.05) is 7.05 Å². The summed E-state index contributed by atoms with van der Waals surface area (Å²) in [5, 5.41) is 17.1. The third-order valence-corrected chi connectivity index (χ3v) is 3.91. The molecule has 2 amide bonds. The predicted octanol–water partition coefficient (Wildman–Crippen LogP) is 2.31. The number of aryl methyl sites for hydroxylation is 2. The lowest BCUT2D eigenvalue weighted by molar-refractivity contribution is 0.0261. The van der Waals surface area contributed by atoms with E-state index in [2.05, 4.69) is 10.5 Å². The number of carbonyl (C=O) groups is 1. The van der Waals surface area contributed by atoms with Gasteiger partial charge in [-0.2, -0.15) is 0 Å². The molecule has 1 fully saturated rings. The molecule has 2 rings (SSSR count). The van der Waals surface area contributed by atoms with Gasteiger partial charge in [0.1, 0.15) is 11.4 Å². The minimum absolute atomic E-state index is 0.244. The SMILES string of the molecule is CCc1noc(C)c1NC(=O)N(C)CC1(O)CCCC1. The zero-order valence-electron chi connectivity index (χ0n) is 12.4. The van der Waals surface area contributed by atoms with Gasteiger partial charge in [-0.3, -0.25) is 0 Å². The number of hydrogen-bond donors (Lipinski definition) is 2. The number of nitrogens with zero attached hydrogens (tertiary/aromatic N) is 2. The van der Waals surface area contributed by atoms with Crippen LogP contribution < -0.4 is 5.32 Å². The number of aliphatic hydroxyl groups is 1. The lowest BCUT2D eigenvalue weighted by Gasteiger charge is -2.28. The Hall–Kier alpha value is -1.56. The zero-order chi connectivity index (χ0) is 14.8. The molecular weight excluding hydrogens is 258 g/mol. The number of urea groups is 1. The molecule has 1 aliphatic carbocycles. The molecule has 112 valence electrons. The number of anilines is 1. The van der Waals surface area contributed by atoms with Crippen LogP contribution in [0.5, 0.6) is 0 Å². The summed E-state index contributed by atoms with van der Waals surface area (Å²) >= 11 is 0. The molecule has 0 aromatic carbocycles. The summed E-state index contributed by atoms with van der Waals surface area (Å²) in [5.41, 5.74) is 0.648. The van der Waals surface area contributed by atoms with Crippen molar-refractivity contribution >= 4 is 11.7 Å². The smallest absolute Gasteiger partial charge is 0.321 e. The van der Waals surface area contributed by atoms with Gasteiger partial charge in [0.25, 0.3) is 0 Å². The fraction of sp³-hybridized carbons (Fsp3) is 0.714. The van der Waals surface area contributed by atoms with Gasteiger partial charge < -0.3 is 19.8 Å². The van der Waals surface area contributed by atoms with Crippen LogP contribution in [0.2, 0.25) is 0 Å². The van der Waals surface area contributed by atoms with Crippen LogP contribution in [0, 0.1) is 6.92 Å². The Morgan fingerprint density at radius 1 is 1.50 bits per heavy atom. The van der Waals surface area contributed by atoms with Gasteiger partial charge in [0.15, 0.2) is 5.76 Å². The predicted molar refractivity (Wildman–Crippen MR) is 75.7 cm³/mol. The number of hydrogen-bond acceptors (Lipinski definition) is 4. The summed E-state index contributed by atoms with van der Waals surface area (Å²) in [6.07, 6.45) is 4.27. The van der Waals surface area contributed by atoms with Crippen molar-refractivity contribution in [2.45, 2.75) is 51.6 Å². The van der Waals surface area contributed by atoms with E-state index in [4.69, 9.17) is 4.52 Å². The summed E-state index contributed by atoms with van der Waals surface area (Å²) in [5.74, 6) is 0.600. The van der Waals surface area contributed by atoms with Crippen LogP contribution in [0.4, 0.5) is 10.5 Å². The van der Waals surface area contributed by atoms with Crippen molar-refractivity contribution in [3.05, 3.63) is 11.5 Å². The Morgan fingerprint density at radius 2 is 2.15 bits per heavy atom. The van der Waals surface area contributed by atoms with Crippen LogP contribution in [0.25, 0.3) is 0 Å². The highest BCUT2D eigenvalue weighted by atomic mass is 16.5. The molecule has 0 saturated heterocycles. The van der Waals surface area contributed by atoms with E-state index in [1.165, 1.54) is 4.90 Å². The molecule has 1 aliphatic rings. The molecule has 0 radical (unpaired) electrons. The van der Waals surface area contributed by atoms with Crippen LogP contribution in [0.3, 0.4) is 0 Å². The van der Waals surface area contributed by atoms with E-state index < -0.39 is 5.60 Å². The highest BCUT2D eigenvalue weighted by molar-refractivity contribution is 5.90. The van der Waals surface area contributed by atoms with Gasteiger partial charge in [-0.1, -0.05) is 24.9 Å². The molecule has 0 atom stereocenters. The molecule has 6 nitrogen and oxygen atoms in total. The van der Waals surface area contributed by atoms with Gasteiger partial charge in [0.2, 0.25) is 0 Å². The molecule has 0 spiro atoms. The van der Waals surface area contributed by atoms with Crippen molar-refractivity contribution in [1.82, 2.24) is 10.1 Å². The van der Waals surface area contributed by atoms with Crippen LogP contribution >= 0.6 is 0 Å². The molecule has 0 aliphatic heterocycles.